The first kappa shape index (κ1) is 17.7. The molecular weight excluding hydrogens is 364 g/mol. The highest BCUT2D eigenvalue weighted by molar-refractivity contribution is 6.33. The Morgan fingerprint density at radius 2 is 1.72 bits per heavy atom. The second-order valence-corrected chi connectivity index (χ2v) is 6.94. The molecule has 0 unspecified atom stereocenters. The van der Waals surface area contributed by atoms with Crippen molar-refractivity contribution >= 4 is 23.2 Å². The van der Waals surface area contributed by atoms with Crippen molar-refractivity contribution in [3.63, 3.8) is 0 Å². The topological polar surface area (TPSA) is 39.9 Å². The Morgan fingerprint density at radius 3 is 2.36 bits per heavy atom. The van der Waals surface area contributed by atoms with Gasteiger partial charge in [-0.3, -0.25) is 0 Å². The van der Waals surface area contributed by atoms with Crippen LogP contribution in [0, 0.1) is 5.82 Å². The summed E-state index contributed by atoms with van der Waals surface area (Å²) in [5, 5.41) is 9.37. The third-order valence-electron chi connectivity index (χ3n) is 3.77. The number of hydrogen-bond acceptors (Lipinski definition) is 3. The van der Waals surface area contributed by atoms with Gasteiger partial charge in [0.1, 0.15) is 11.6 Å². The molecule has 0 atom stereocenters. The normalized spacial score (nSPS) is 11.6. The van der Waals surface area contributed by atoms with E-state index in [1.807, 2.05) is 20.9 Å². The largest absolute Gasteiger partial charge is 0.480 e. The van der Waals surface area contributed by atoms with Crippen LogP contribution < -0.4 is 4.74 Å². The summed E-state index contributed by atoms with van der Waals surface area (Å²) in [5.74, 6) is 1.41. The molecule has 7 heteroatoms. The SMILES string of the molecule is Cn1c(-c2ccc(F)cc2Cl)nnc1C(C)(C)Oc1ccc(Cl)cc1. The molecule has 0 radical (unpaired) electrons. The molecule has 0 bridgehead atoms. The second-order valence-electron chi connectivity index (χ2n) is 6.10. The Morgan fingerprint density at radius 1 is 1.04 bits per heavy atom. The van der Waals surface area contributed by atoms with Crippen LogP contribution in [0.5, 0.6) is 5.75 Å². The Balaban J connectivity index is 1.95. The third kappa shape index (κ3) is 3.62. The van der Waals surface area contributed by atoms with Crippen molar-refractivity contribution in [2.75, 3.05) is 0 Å². The predicted octanol–water partition coefficient (Wildman–Crippen LogP) is 5.24. The van der Waals surface area contributed by atoms with E-state index in [9.17, 15) is 4.39 Å². The minimum absolute atomic E-state index is 0.276. The van der Waals surface area contributed by atoms with Crippen molar-refractivity contribution in [1.82, 2.24) is 14.8 Å². The molecule has 0 saturated carbocycles. The van der Waals surface area contributed by atoms with Gasteiger partial charge in [-0.1, -0.05) is 23.2 Å². The molecule has 3 rings (SSSR count). The van der Waals surface area contributed by atoms with Crippen LogP contribution in [-0.2, 0) is 12.6 Å². The number of rotatable bonds is 4. The smallest absolute Gasteiger partial charge is 0.176 e. The van der Waals surface area contributed by atoms with E-state index in [1.165, 1.54) is 12.1 Å². The van der Waals surface area contributed by atoms with Crippen molar-refractivity contribution in [1.29, 1.82) is 0 Å². The van der Waals surface area contributed by atoms with Gasteiger partial charge in [-0.05, 0) is 56.3 Å². The van der Waals surface area contributed by atoms with E-state index < -0.39 is 11.4 Å². The summed E-state index contributed by atoms with van der Waals surface area (Å²) >= 11 is 12.0. The van der Waals surface area contributed by atoms with Gasteiger partial charge in [-0.25, -0.2) is 4.39 Å². The van der Waals surface area contributed by atoms with Gasteiger partial charge in [0.2, 0.25) is 0 Å². The number of nitrogens with zero attached hydrogens (tertiary/aromatic N) is 3. The lowest BCUT2D eigenvalue weighted by molar-refractivity contribution is 0.0950. The Bertz CT molecular complexity index is 907. The summed E-state index contributed by atoms with van der Waals surface area (Å²) in [4.78, 5) is 0. The molecule has 0 aliphatic heterocycles. The summed E-state index contributed by atoms with van der Waals surface area (Å²) < 4.78 is 21.1. The molecule has 0 amide bonds. The molecule has 3 aromatic rings. The molecule has 0 aliphatic carbocycles. The van der Waals surface area contributed by atoms with Crippen LogP contribution in [0.2, 0.25) is 10.0 Å². The molecule has 0 aliphatic rings. The Hall–Kier alpha value is -2.11. The Labute approximate surface area is 155 Å². The highest BCUT2D eigenvalue weighted by Gasteiger charge is 2.30. The van der Waals surface area contributed by atoms with Crippen molar-refractivity contribution in [3.8, 4) is 17.1 Å². The van der Waals surface area contributed by atoms with E-state index in [0.717, 1.165) is 0 Å². The van der Waals surface area contributed by atoms with E-state index in [4.69, 9.17) is 27.9 Å². The Kier molecular flexibility index (Phi) is 4.71. The maximum atomic E-state index is 13.3. The maximum Gasteiger partial charge on any atom is 0.176 e. The minimum atomic E-state index is -0.750. The summed E-state index contributed by atoms with van der Waals surface area (Å²) in [7, 11) is 1.82. The maximum absolute atomic E-state index is 13.3. The average Bonchev–Trinajstić information content (AvgIpc) is 2.92. The third-order valence-corrected chi connectivity index (χ3v) is 4.34. The molecule has 1 aromatic heterocycles. The first-order valence-electron chi connectivity index (χ1n) is 7.58. The second kappa shape index (κ2) is 6.65. The van der Waals surface area contributed by atoms with Gasteiger partial charge in [0.15, 0.2) is 17.2 Å². The van der Waals surface area contributed by atoms with Crippen molar-refractivity contribution < 1.29 is 9.13 Å². The lowest BCUT2D eigenvalue weighted by atomic mass is 10.1. The summed E-state index contributed by atoms with van der Waals surface area (Å²) in [6.07, 6.45) is 0. The van der Waals surface area contributed by atoms with Crippen LogP contribution in [0.15, 0.2) is 42.5 Å². The zero-order valence-corrected chi connectivity index (χ0v) is 15.4. The fraction of sp³-hybridized carbons (Fsp3) is 0.222. The molecule has 25 heavy (non-hydrogen) atoms. The van der Waals surface area contributed by atoms with Crippen molar-refractivity contribution in [3.05, 3.63) is 64.2 Å². The molecular formula is C18H16Cl2FN3O. The number of ether oxygens (including phenoxy) is 1. The highest BCUT2D eigenvalue weighted by Crippen LogP contribution is 2.32. The molecule has 0 fully saturated rings. The summed E-state index contributed by atoms with van der Waals surface area (Å²) in [5.41, 5.74) is -0.146. The van der Waals surface area contributed by atoms with Crippen LogP contribution in [0.3, 0.4) is 0 Å². The number of aromatic nitrogens is 3. The number of halogens is 3. The number of hydrogen-bond donors (Lipinski definition) is 0. The molecule has 0 spiro atoms. The monoisotopic (exact) mass is 379 g/mol. The molecule has 0 saturated heterocycles. The van der Waals surface area contributed by atoms with Crippen LogP contribution in [-0.4, -0.2) is 14.8 Å². The molecule has 2 aromatic carbocycles. The van der Waals surface area contributed by atoms with Crippen LogP contribution in [0.1, 0.15) is 19.7 Å². The van der Waals surface area contributed by atoms with Crippen molar-refractivity contribution in [2.24, 2.45) is 7.05 Å². The van der Waals surface area contributed by atoms with Gasteiger partial charge in [-0.2, -0.15) is 0 Å². The molecule has 1 heterocycles. The molecule has 130 valence electrons. The first-order chi connectivity index (χ1) is 11.8. The first-order valence-corrected chi connectivity index (χ1v) is 8.33. The van der Waals surface area contributed by atoms with Gasteiger partial charge in [0, 0.05) is 17.6 Å². The van der Waals surface area contributed by atoms with E-state index in [1.54, 1.807) is 34.9 Å². The lowest BCUT2D eigenvalue weighted by Crippen LogP contribution is -2.29. The van der Waals surface area contributed by atoms with Gasteiger partial charge in [0.05, 0.1) is 5.02 Å². The zero-order valence-electron chi connectivity index (χ0n) is 13.9. The lowest BCUT2D eigenvalue weighted by Gasteiger charge is -2.25. The van der Waals surface area contributed by atoms with Crippen LogP contribution in [0.25, 0.3) is 11.4 Å². The standard InChI is InChI=1S/C18H16Cl2FN3O/c1-18(2,25-13-7-4-11(19)5-8-13)17-23-22-16(24(17)3)14-9-6-12(21)10-15(14)20/h4-10H,1-3H3. The van der Waals surface area contributed by atoms with Gasteiger partial charge in [-0.15, -0.1) is 10.2 Å². The molecule has 4 nitrogen and oxygen atoms in total. The predicted molar refractivity (Wildman–Crippen MR) is 96.5 cm³/mol. The minimum Gasteiger partial charge on any atom is -0.480 e. The fourth-order valence-corrected chi connectivity index (χ4v) is 2.98. The van der Waals surface area contributed by atoms with Gasteiger partial charge < -0.3 is 9.30 Å². The van der Waals surface area contributed by atoms with Gasteiger partial charge in [0.25, 0.3) is 0 Å². The molecule has 0 N–H and O–H groups in total. The summed E-state index contributed by atoms with van der Waals surface area (Å²) in [6.45, 7) is 3.78. The van der Waals surface area contributed by atoms with E-state index in [2.05, 4.69) is 10.2 Å². The average molecular weight is 380 g/mol. The quantitative estimate of drug-likeness (QED) is 0.621. The van der Waals surface area contributed by atoms with E-state index in [-0.39, 0.29) is 5.02 Å². The fourth-order valence-electron chi connectivity index (χ4n) is 2.60. The van der Waals surface area contributed by atoms with Crippen molar-refractivity contribution in [2.45, 2.75) is 19.4 Å². The highest BCUT2D eigenvalue weighted by atomic mass is 35.5. The van der Waals surface area contributed by atoms with Crippen LogP contribution in [0.4, 0.5) is 4.39 Å². The number of benzene rings is 2. The van der Waals surface area contributed by atoms with Gasteiger partial charge >= 0.3 is 0 Å². The zero-order chi connectivity index (χ0) is 18.2. The van der Waals surface area contributed by atoms with E-state index >= 15 is 0 Å². The van der Waals surface area contributed by atoms with E-state index in [0.29, 0.717) is 28.0 Å². The summed E-state index contributed by atoms with van der Waals surface area (Å²) in [6, 6.07) is 11.3. The van der Waals surface area contributed by atoms with Crippen LogP contribution >= 0.6 is 23.2 Å².